The summed E-state index contributed by atoms with van der Waals surface area (Å²) in [6.07, 6.45) is 3.90. The van der Waals surface area contributed by atoms with Gasteiger partial charge < -0.3 is 15.0 Å². The summed E-state index contributed by atoms with van der Waals surface area (Å²) in [6.45, 7) is 3.74. The second-order valence-corrected chi connectivity index (χ2v) is 7.88. The monoisotopic (exact) mass is 434 g/mol. The highest BCUT2D eigenvalue weighted by Gasteiger charge is 2.26. The Morgan fingerprint density at radius 2 is 1.88 bits per heavy atom. The lowest BCUT2D eigenvalue weighted by molar-refractivity contribution is -0.125. The van der Waals surface area contributed by atoms with Gasteiger partial charge in [-0.05, 0) is 43.0 Å². The Kier molecular flexibility index (Phi) is 6.94. The number of benzene rings is 2. The van der Waals surface area contributed by atoms with Crippen LogP contribution in [-0.2, 0) is 17.8 Å². The Morgan fingerprint density at radius 1 is 1.12 bits per heavy atom. The minimum Gasteiger partial charge on any atom is -0.439 e. The van der Waals surface area contributed by atoms with Crippen molar-refractivity contribution >= 4 is 11.7 Å². The zero-order valence-corrected chi connectivity index (χ0v) is 18.1. The molecule has 0 aliphatic carbocycles. The molecule has 1 aliphatic heterocycles. The molecule has 0 radical (unpaired) electrons. The molecular weight excluding hydrogens is 407 g/mol. The molecule has 1 aromatic heterocycles. The van der Waals surface area contributed by atoms with E-state index < -0.39 is 0 Å². The molecule has 1 fully saturated rings. The molecule has 0 spiro atoms. The highest BCUT2D eigenvalue weighted by Crippen LogP contribution is 2.26. The van der Waals surface area contributed by atoms with E-state index in [9.17, 15) is 9.18 Å². The van der Waals surface area contributed by atoms with E-state index in [4.69, 9.17) is 4.74 Å². The summed E-state index contributed by atoms with van der Waals surface area (Å²) in [5.41, 5.74) is 1.75. The fraction of sp³-hybridized carbons (Fsp3) is 0.320. The molecule has 3 aromatic rings. The van der Waals surface area contributed by atoms with E-state index in [0.29, 0.717) is 37.4 Å². The fourth-order valence-corrected chi connectivity index (χ4v) is 3.81. The number of aryl methyl sites for hydroxylation is 1. The number of amides is 1. The van der Waals surface area contributed by atoms with Gasteiger partial charge in [-0.3, -0.25) is 4.79 Å². The zero-order valence-electron chi connectivity index (χ0n) is 18.1. The first-order valence-electron chi connectivity index (χ1n) is 11.0. The third-order valence-electron chi connectivity index (χ3n) is 5.78. The molecule has 1 N–H and O–H groups in total. The van der Waals surface area contributed by atoms with Gasteiger partial charge in [0.05, 0.1) is 0 Å². The van der Waals surface area contributed by atoms with E-state index in [0.717, 1.165) is 18.0 Å². The van der Waals surface area contributed by atoms with Gasteiger partial charge in [0.1, 0.15) is 23.7 Å². The standard InChI is InChI=1S/C25H27FN4O2/c1-2-18-7-9-21(10-8-18)32-24-15-23(28-17-29-24)30-13-11-19(12-14-30)25(31)27-16-20-5-3-4-6-22(20)26/h3-10,15,17,19H,2,11-14,16H2,1H3,(H,27,31). The molecule has 4 rings (SSSR count). The number of rotatable bonds is 7. The molecule has 1 saturated heterocycles. The number of carbonyl (C=O) groups excluding carboxylic acids is 1. The van der Waals surface area contributed by atoms with Gasteiger partial charge >= 0.3 is 0 Å². The van der Waals surface area contributed by atoms with Gasteiger partial charge in [-0.25, -0.2) is 14.4 Å². The molecule has 32 heavy (non-hydrogen) atoms. The first-order valence-corrected chi connectivity index (χ1v) is 11.0. The van der Waals surface area contributed by atoms with Crippen molar-refractivity contribution in [3.05, 3.63) is 77.9 Å². The number of hydrogen-bond acceptors (Lipinski definition) is 5. The maximum atomic E-state index is 13.7. The number of aromatic nitrogens is 2. The van der Waals surface area contributed by atoms with Gasteiger partial charge in [0, 0.05) is 37.2 Å². The van der Waals surface area contributed by atoms with Crippen molar-refractivity contribution in [1.82, 2.24) is 15.3 Å². The van der Waals surface area contributed by atoms with E-state index in [-0.39, 0.29) is 24.2 Å². The quantitative estimate of drug-likeness (QED) is 0.593. The summed E-state index contributed by atoms with van der Waals surface area (Å²) in [5, 5.41) is 2.87. The van der Waals surface area contributed by atoms with Crippen LogP contribution in [0.2, 0.25) is 0 Å². The lowest BCUT2D eigenvalue weighted by Gasteiger charge is -2.32. The van der Waals surface area contributed by atoms with Crippen LogP contribution in [0.3, 0.4) is 0 Å². The SMILES string of the molecule is CCc1ccc(Oc2cc(N3CCC(C(=O)NCc4ccccc4F)CC3)ncn2)cc1. The highest BCUT2D eigenvalue weighted by molar-refractivity contribution is 5.79. The Bertz CT molecular complexity index is 1050. The van der Waals surface area contributed by atoms with Crippen LogP contribution >= 0.6 is 0 Å². The predicted octanol–water partition coefficient (Wildman–Crippen LogP) is 4.50. The van der Waals surface area contributed by atoms with Gasteiger partial charge in [-0.1, -0.05) is 37.3 Å². The van der Waals surface area contributed by atoms with Gasteiger partial charge in [-0.15, -0.1) is 0 Å². The fourth-order valence-electron chi connectivity index (χ4n) is 3.81. The molecule has 2 heterocycles. The van der Waals surface area contributed by atoms with Crippen molar-refractivity contribution < 1.29 is 13.9 Å². The summed E-state index contributed by atoms with van der Waals surface area (Å²) < 4.78 is 19.6. The third kappa shape index (κ3) is 5.41. The van der Waals surface area contributed by atoms with Gasteiger partial charge in [0.2, 0.25) is 11.8 Å². The molecule has 1 aliphatic rings. The second kappa shape index (κ2) is 10.2. The average Bonchev–Trinajstić information content (AvgIpc) is 2.84. The Morgan fingerprint density at radius 3 is 2.59 bits per heavy atom. The van der Waals surface area contributed by atoms with Crippen LogP contribution in [0.15, 0.2) is 60.9 Å². The normalized spacial score (nSPS) is 14.2. The van der Waals surface area contributed by atoms with Crippen molar-refractivity contribution in [1.29, 1.82) is 0 Å². The number of nitrogens with zero attached hydrogens (tertiary/aromatic N) is 3. The van der Waals surface area contributed by atoms with Crippen LogP contribution in [-0.4, -0.2) is 29.0 Å². The summed E-state index contributed by atoms with van der Waals surface area (Å²) in [5.74, 6) is 1.58. The van der Waals surface area contributed by atoms with E-state index in [1.807, 2.05) is 30.3 Å². The van der Waals surface area contributed by atoms with Crippen molar-refractivity contribution in [2.24, 2.45) is 5.92 Å². The largest absolute Gasteiger partial charge is 0.439 e. The van der Waals surface area contributed by atoms with Crippen LogP contribution in [0, 0.1) is 11.7 Å². The van der Waals surface area contributed by atoms with Crippen LogP contribution < -0.4 is 15.0 Å². The molecular formula is C25H27FN4O2. The molecule has 0 atom stereocenters. The van der Waals surface area contributed by atoms with Gasteiger partial charge in [-0.2, -0.15) is 0 Å². The Hall–Kier alpha value is -3.48. The lowest BCUT2D eigenvalue weighted by Crippen LogP contribution is -2.40. The maximum Gasteiger partial charge on any atom is 0.224 e. The van der Waals surface area contributed by atoms with Crippen LogP contribution in [0.1, 0.15) is 30.9 Å². The van der Waals surface area contributed by atoms with E-state index in [1.165, 1.54) is 18.0 Å². The van der Waals surface area contributed by atoms with Crippen LogP contribution in [0.25, 0.3) is 0 Å². The van der Waals surface area contributed by atoms with Crippen molar-refractivity contribution in [3.8, 4) is 11.6 Å². The molecule has 1 amide bonds. The van der Waals surface area contributed by atoms with Crippen molar-refractivity contribution in [2.45, 2.75) is 32.7 Å². The molecule has 0 saturated carbocycles. The average molecular weight is 435 g/mol. The number of halogens is 1. The highest BCUT2D eigenvalue weighted by atomic mass is 19.1. The first-order chi connectivity index (χ1) is 15.6. The Balaban J connectivity index is 1.30. The zero-order chi connectivity index (χ0) is 22.3. The van der Waals surface area contributed by atoms with Gasteiger partial charge in [0.15, 0.2) is 0 Å². The number of nitrogens with one attached hydrogen (secondary N) is 1. The number of ether oxygens (including phenoxy) is 1. The molecule has 6 nitrogen and oxygen atoms in total. The van der Waals surface area contributed by atoms with Gasteiger partial charge in [0.25, 0.3) is 0 Å². The lowest BCUT2D eigenvalue weighted by atomic mass is 9.96. The van der Waals surface area contributed by atoms with Crippen molar-refractivity contribution in [3.63, 3.8) is 0 Å². The number of carbonyl (C=O) groups is 1. The maximum absolute atomic E-state index is 13.7. The summed E-state index contributed by atoms with van der Waals surface area (Å²) in [4.78, 5) is 23.3. The minimum atomic E-state index is -0.300. The number of hydrogen-bond donors (Lipinski definition) is 1. The minimum absolute atomic E-state index is 0.0323. The summed E-state index contributed by atoms with van der Waals surface area (Å²) >= 11 is 0. The Labute approximate surface area is 187 Å². The van der Waals surface area contributed by atoms with E-state index in [2.05, 4.69) is 27.1 Å². The second-order valence-electron chi connectivity index (χ2n) is 7.88. The smallest absolute Gasteiger partial charge is 0.224 e. The topological polar surface area (TPSA) is 67.3 Å². The van der Waals surface area contributed by atoms with Crippen LogP contribution in [0.4, 0.5) is 10.2 Å². The number of anilines is 1. The van der Waals surface area contributed by atoms with Crippen molar-refractivity contribution in [2.75, 3.05) is 18.0 Å². The summed E-state index contributed by atoms with van der Waals surface area (Å²) in [7, 11) is 0. The molecule has 0 unspecified atom stereocenters. The molecule has 7 heteroatoms. The van der Waals surface area contributed by atoms with E-state index >= 15 is 0 Å². The first kappa shape index (κ1) is 21.7. The van der Waals surface area contributed by atoms with E-state index in [1.54, 1.807) is 18.2 Å². The number of piperidine rings is 1. The predicted molar refractivity (Wildman–Crippen MR) is 121 cm³/mol. The summed E-state index contributed by atoms with van der Waals surface area (Å²) in [6, 6.07) is 16.3. The third-order valence-corrected chi connectivity index (χ3v) is 5.78. The molecule has 0 bridgehead atoms. The molecule has 166 valence electrons. The van der Waals surface area contributed by atoms with Crippen LogP contribution in [0.5, 0.6) is 11.6 Å². The molecule has 2 aromatic carbocycles.